The van der Waals surface area contributed by atoms with Gasteiger partial charge in [-0.3, -0.25) is 0 Å². The third-order valence-corrected chi connectivity index (χ3v) is 6.95. The van der Waals surface area contributed by atoms with Gasteiger partial charge in [0.15, 0.2) is 5.82 Å². The van der Waals surface area contributed by atoms with Crippen LogP contribution in [0.4, 0.5) is 0 Å². The Labute approximate surface area is 141 Å². The van der Waals surface area contributed by atoms with Gasteiger partial charge in [0, 0.05) is 19.0 Å². The lowest BCUT2D eigenvalue weighted by atomic mass is 9.98. The molecule has 4 rings (SSSR count). The van der Waals surface area contributed by atoms with E-state index < -0.39 is 10.0 Å². The molecular weight excluding hydrogens is 326 g/mol. The van der Waals surface area contributed by atoms with E-state index in [1.807, 2.05) is 12.1 Å². The van der Waals surface area contributed by atoms with Gasteiger partial charge >= 0.3 is 0 Å². The van der Waals surface area contributed by atoms with E-state index in [9.17, 15) is 8.42 Å². The lowest BCUT2D eigenvalue weighted by Gasteiger charge is -2.29. The molecule has 0 radical (unpaired) electrons. The number of aromatic nitrogens is 2. The Hall–Kier alpha value is -1.73. The summed E-state index contributed by atoms with van der Waals surface area (Å²) in [6.07, 6.45) is 4.59. The van der Waals surface area contributed by atoms with Crippen LogP contribution in [0.15, 0.2) is 27.6 Å². The summed E-state index contributed by atoms with van der Waals surface area (Å²) < 4.78 is 32.6. The van der Waals surface area contributed by atoms with Gasteiger partial charge in [0.05, 0.1) is 4.90 Å². The first-order chi connectivity index (χ1) is 11.5. The van der Waals surface area contributed by atoms with Crippen LogP contribution in [0.3, 0.4) is 0 Å². The van der Waals surface area contributed by atoms with Crippen LogP contribution in [-0.4, -0.2) is 36.0 Å². The number of benzene rings is 1. The van der Waals surface area contributed by atoms with Crippen molar-refractivity contribution in [2.45, 2.75) is 49.8 Å². The third kappa shape index (κ3) is 2.75. The highest BCUT2D eigenvalue weighted by Gasteiger charge is 2.32. The van der Waals surface area contributed by atoms with E-state index in [4.69, 9.17) is 4.52 Å². The second kappa shape index (κ2) is 5.97. The molecule has 1 fully saturated rings. The van der Waals surface area contributed by atoms with E-state index in [0.29, 0.717) is 42.5 Å². The quantitative estimate of drug-likeness (QED) is 0.852. The molecule has 128 valence electrons. The molecule has 6 nitrogen and oxygen atoms in total. The largest absolute Gasteiger partial charge is 0.339 e. The minimum absolute atomic E-state index is 0.151. The Morgan fingerprint density at radius 3 is 2.62 bits per heavy atom. The molecule has 0 bridgehead atoms. The van der Waals surface area contributed by atoms with Gasteiger partial charge < -0.3 is 4.52 Å². The molecule has 1 saturated heterocycles. The van der Waals surface area contributed by atoms with Crippen LogP contribution >= 0.6 is 0 Å². The van der Waals surface area contributed by atoms with E-state index >= 15 is 0 Å². The van der Waals surface area contributed by atoms with Crippen molar-refractivity contribution in [3.63, 3.8) is 0 Å². The van der Waals surface area contributed by atoms with Crippen molar-refractivity contribution in [1.29, 1.82) is 0 Å². The molecule has 0 amide bonds. The SMILES string of the molecule is Cc1noc(C2CCN(S(=O)(=O)c3ccc4c(c3)CCC4)CC2)n1. The van der Waals surface area contributed by atoms with Gasteiger partial charge in [-0.25, -0.2) is 8.42 Å². The maximum absolute atomic E-state index is 12.9. The van der Waals surface area contributed by atoms with Gasteiger partial charge in [-0.15, -0.1) is 0 Å². The second-order valence-corrected chi connectivity index (χ2v) is 8.58. The number of hydrogen-bond acceptors (Lipinski definition) is 5. The number of aryl methyl sites for hydroxylation is 3. The molecule has 2 aliphatic rings. The van der Waals surface area contributed by atoms with Gasteiger partial charge in [-0.05, 0) is 62.3 Å². The maximum atomic E-state index is 12.9. The van der Waals surface area contributed by atoms with E-state index in [-0.39, 0.29) is 5.92 Å². The average Bonchev–Trinajstić information content (AvgIpc) is 3.23. The van der Waals surface area contributed by atoms with Crippen LogP contribution in [0.25, 0.3) is 0 Å². The summed E-state index contributed by atoms with van der Waals surface area (Å²) in [5.41, 5.74) is 2.48. The van der Waals surface area contributed by atoms with Gasteiger partial charge in [0.25, 0.3) is 0 Å². The highest BCUT2D eigenvalue weighted by Crippen LogP contribution is 2.31. The highest BCUT2D eigenvalue weighted by molar-refractivity contribution is 7.89. The maximum Gasteiger partial charge on any atom is 0.243 e. The summed E-state index contributed by atoms with van der Waals surface area (Å²) in [4.78, 5) is 4.70. The van der Waals surface area contributed by atoms with Crippen molar-refractivity contribution in [3.05, 3.63) is 41.0 Å². The molecule has 1 aliphatic heterocycles. The summed E-state index contributed by atoms with van der Waals surface area (Å²) >= 11 is 0. The monoisotopic (exact) mass is 347 g/mol. The van der Waals surface area contributed by atoms with Crippen LogP contribution in [0, 0.1) is 6.92 Å². The molecule has 7 heteroatoms. The molecule has 2 heterocycles. The molecule has 24 heavy (non-hydrogen) atoms. The van der Waals surface area contributed by atoms with Crippen molar-refractivity contribution < 1.29 is 12.9 Å². The van der Waals surface area contributed by atoms with Crippen LogP contribution in [0.1, 0.15) is 48.0 Å². The Kier molecular flexibility index (Phi) is 3.92. The molecule has 1 aliphatic carbocycles. The predicted octanol–water partition coefficient (Wildman–Crippen LogP) is 2.44. The zero-order chi connectivity index (χ0) is 16.7. The smallest absolute Gasteiger partial charge is 0.243 e. The summed E-state index contributed by atoms with van der Waals surface area (Å²) in [6, 6.07) is 5.60. The van der Waals surface area contributed by atoms with Crippen LogP contribution in [-0.2, 0) is 22.9 Å². The van der Waals surface area contributed by atoms with Crippen LogP contribution in [0.2, 0.25) is 0 Å². The van der Waals surface area contributed by atoms with Gasteiger partial charge in [0.2, 0.25) is 15.9 Å². The second-order valence-electron chi connectivity index (χ2n) is 6.64. The fourth-order valence-electron chi connectivity index (χ4n) is 3.68. The minimum atomic E-state index is -3.42. The lowest BCUT2D eigenvalue weighted by Crippen LogP contribution is -2.38. The first-order valence-electron chi connectivity index (χ1n) is 8.46. The number of hydrogen-bond donors (Lipinski definition) is 0. The summed E-state index contributed by atoms with van der Waals surface area (Å²) in [6.45, 7) is 2.78. The van der Waals surface area contributed by atoms with Crippen LogP contribution in [0.5, 0.6) is 0 Å². The van der Waals surface area contributed by atoms with Crippen molar-refractivity contribution >= 4 is 10.0 Å². The fourth-order valence-corrected chi connectivity index (χ4v) is 5.20. The van der Waals surface area contributed by atoms with Gasteiger partial charge in [0.1, 0.15) is 0 Å². The van der Waals surface area contributed by atoms with Crippen molar-refractivity contribution in [3.8, 4) is 0 Å². The van der Waals surface area contributed by atoms with E-state index in [1.54, 1.807) is 17.3 Å². The van der Waals surface area contributed by atoms with Crippen LogP contribution < -0.4 is 0 Å². The first kappa shape index (κ1) is 15.8. The van der Waals surface area contributed by atoms with Gasteiger partial charge in [-0.1, -0.05) is 11.2 Å². The number of nitrogens with zero attached hydrogens (tertiary/aromatic N) is 3. The molecule has 0 saturated carbocycles. The van der Waals surface area contributed by atoms with E-state index in [0.717, 1.165) is 19.3 Å². The summed E-state index contributed by atoms with van der Waals surface area (Å²) in [7, 11) is -3.42. The van der Waals surface area contributed by atoms with Gasteiger partial charge in [-0.2, -0.15) is 9.29 Å². The zero-order valence-electron chi connectivity index (χ0n) is 13.7. The van der Waals surface area contributed by atoms with Crippen molar-refractivity contribution in [1.82, 2.24) is 14.4 Å². The molecule has 0 N–H and O–H groups in total. The average molecular weight is 347 g/mol. The Balaban J connectivity index is 1.50. The number of sulfonamides is 1. The zero-order valence-corrected chi connectivity index (χ0v) is 14.6. The Morgan fingerprint density at radius 1 is 1.17 bits per heavy atom. The molecule has 2 aromatic rings. The van der Waals surface area contributed by atoms with E-state index in [1.165, 1.54) is 11.1 Å². The standard InChI is InChI=1S/C17H21N3O3S/c1-12-18-17(23-19-12)14-7-9-20(10-8-14)24(21,22)16-6-5-13-3-2-4-15(13)11-16/h5-6,11,14H,2-4,7-10H2,1H3. The summed E-state index contributed by atoms with van der Waals surface area (Å²) in [5.74, 6) is 1.40. The van der Waals surface area contributed by atoms with Crippen molar-refractivity contribution in [2.24, 2.45) is 0 Å². The Bertz CT molecular complexity index is 852. The molecular formula is C17H21N3O3S. The topological polar surface area (TPSA) is 76.3 Å². The molecule has 1 aromatic carbocycles. The number of fused-ring (bicyclic) bond motifs is 1. The first-order valence-corrected chi connectivity index (χ1v) is 9.90. The van der Waals surface area contributed by atoms with E-state index in [2.05, 4.69) is 10.1 Å². The fraction of sp³-hybridized carbons (Fsp3) is 0.529. The molecule has 1 aromatic heterocycles. The predicted molar refractivity (Wildman–Crippen MR) is 88.2 cm³/mol. The lowest BCUT2D eigenvalue weighted by molar-refractivity contribution is 0.270. The Morgan fingerprint density at radius 2 is 1.92 bits per heavy atom. The third-order valence-electron chi connectivity index (χ3n) is 5.05. The minimum Gasteiger partial charge on any atom is -0.339 e. The number of rotatable bonds is 3. The molecule has 0 atom stereocenters. The summed E-state index contributed by atoms with van der Waals surface area (Å²) in [5, 5.41) is 3.82. The normalized spacial score (nSPS) is 19.5. The molecule has 0 spiro atoms. The molecule has 0 unspecified atom stereocenters. The number of piperidine rings is 1. The van der Waals surface area contributed by atoms with Crippen molar-refractivity contribution in [2.75, 3.05) is 13.1 Å². The highest BCUT2D eigenvalue weighted by atomic mass is 32.2.